The van der Waals surface area contributed by atoms with Gasteiger partial charge in [0.05, 0.1) is 13.2 Å². The zero-order valence-corrected chi connectivity index (χ0v) is 19.7. The second-order valence-electron chi connectivity index (χ2n) is 6.98. The van der Waals surface area contributed by atoms with Gasteiger partial charge in [0.25, 0.3) is 0 Å². The highest BCUT2D eigenvalue weighted by Gasteiger charge is 2.30. The van der Waals surface area contributed by atoms with Crippen LogP contribution in [-0.4, -0.2) is 75.6 Å². The van der Waals surface area contributed by atoms with Gasteiger partial charge in [0.2, 0.25) is 5.91 Å². The summed E-state index contributed by atoms with van der Waals surface area (Å²) in [6.45, 7) is 3.46. The number of hydrogen-bond donors (Lipinski definition) is 2. The van der Waals surface area contributed by atoms with Crippen LogP contribution in [0.1, 0.15) is 24.8 Å². The minimum absolute atomic E-state index is 0. The van der Waals surface area contributed by atoms with Crippen LogP contribution in [0.5, 0.6) is 5.75 Å². The van der Waals surface area contributed by atoms with E-state index in [1.165, 1.54) is 5.56 Å². The molecule has 1 fully saturated rings. The van der Waals surface area contributed by atoms with Crippen LogP contribution in [0.25, 0.3) is 0 Å². The fourth-order valence-corrected chi connectivity index (χ4v) is 3.31. The van der Waals surface area contributed by atoms with E-state index in [1.807, 2.05) is 38.4 Å². The summed E-state index contributed by atoms with van der Waals surface area (Å²) in [7, 11) is 7.10. The summed E-state index contributed by atoms with van der Waals surface area (Å²) < 4.78 is 5.17. The molecule has 1 aliphatic heterocycles. The minimum Gasteiger partial charge on any atom is -0.497 e. The lowest BCUT2D eigenvalue weighted by atomic mass is 10.2. The van der Waals surface area contributed by atoms with Gasteiger partial charge in [0, 0.05) is 40.8 Å². The number of benzene rings is 1. The summed E-state index contributed by atoms with van der Waals surface area (Å²) in [6.07, 6.45) is 3.04. The molecule has 1 amide bonds. The van der Waals surface area contributed by atoms with E-state index in [0.29, 0.717) is 6.54 Å². The van der Waals surface area contributed by atoms with Crippen molar-refractivity contribution in [3.05, 3.63) is 29.8 Å². The molecular weight excluding hydrogens is 469 g/mol. The van der Waals surface area contributed by atoms with Crippen molar-refractivity contribution in [3.63, 3.8) is 0 Å². The fourth-order valence-electron chi connectivity index (χ4n) is 3.31. The Hall–Kier alpha value is -1.55. The number of likely N-dealkylation sites (tertiary alicyclic amines) is 1. The molecule has 2 N–H and O–H groups in total. The summed E-state index contributed by atoms with van der Waals surface area (Å²) in [6, 6.07) is 8.03. The standard InChI is InChI=1S/C20H33N5O2.HI/c1-21-20(23-15-16-8-10-17(27-4)11-9-16)22-12-6-14-25-13-5-7-18(25)19(26)24(2)3;/h8-11,18H,5-7,12-15H2,1-4H3,(H2,21,22,23);1H. The van der Waals surface area contributed by atoms with Gasteiger partial charge < -0.3 is 20.3 Å². The predicted molar refractivity (Wildman–Crippen MR) is 125 cm³/mol. The fraction of sp³-hybridized carbons (Fsp3) is 0.600. The third-order valence-corrected chi connectivity index (χ3v) is 4.85. The van der Waals surface area contributed by atoms with Crippen LogP contribution in [0, 0.1) is 0 Å². The molecular formula is C20H34IN5O2. The van der Waals surface area contributed by atoms with Gasteiger partial charge in [0.1, 0.15) is 5.75 Å². The number of guanidine groups is 1. The van der Waals surface area contributed by atoms with Gasteiger partial charge in [0.15, 0.2) is 5.96 Å². The maximum atomic E-state index is 12.2. The number of carbonyl (C=O) groups excluding carboxylic acids is 1. The lowest BCUT2D eigenvalue weighted by molar-refractivity contribution is -0.133. The van der Waals surface area contributed by atoms with E-state index in [-0.39, 0.29) is 35.9 Å². The monoisotopic (exact) mass is 503 g/mol. The molecule has 1 aromatic carbocycles. The van der Waals surface area contributed by atoms with Crippen molar-refractivity contribution in [1.82, 2.24) is 20.4 Å². The number of amides is 1. The summed E-state index contributed by atoms with van der Waals surface area (Å²) in [5.74, 6) is 1.86. The highest BCUT2D eigenvalue weighted by Crippen LogP contribution is 2.18. The average molecular weight is 503 g/mol. The number of likely N-dealkylation sites (N-methyl/N-ethyl adjacent to an activating group) is 1. The second kappa shape index (κ2) is 12.8. The van der Waals surface area contributed by atoms with Crippen LogP contribution < -0.4 is 15.4 Å². The van der Waals surface area contributed by atoms with Crippen molar-refractivity contribution < 1.29 is 9.53 Å². The Morgan fingerprint density at radius 3 is 2.61 bits per heavy atom. The Labute approximate surface area is 185 Å². The van der Waals surface area contributed by atoms with E-state index >= 15 is 0 Å². The number of carbonyl (C=O) groups is 1. The van der Waals surface area contributed by atoms with E-state index in [1.54, 1.807) is 19.1 Å². The first-order valence-corrected chi connectivity index (χ1v) is 9.57. The third-order valence-electron chi connectivity index (χ3n) is 4.85. The molecule has 0 spiro atoms. The van der Waals surface area contributed by atoms with Crippen molar-refractivity contribution in [3.8, 4) is 5.75 Å². The maximum absolute atomic E-state index is 12.2. The number of halogens is 1. The molecule has 7 nitrogen and oxygen atoms in total. The van der Waals surface area contributed by atoms with Crippen molar-refractivity contribution in [1.29, 1.82) is 0 Å². The number of ether oxygens (including phenoxy) is 1. The number of nitrogens with one attached hydrogen (secondary N) is 2. The summed E-state index contributed by atoms with van der Waals surface area (Å²) in [5, 5.41) is 6.66. The zero-order valence-electron chi connectivity index (χ0n) is 17.4. The zero-order chi connectivity index (χ0) is 19.6. The van der Waals surface area contributed by atoms with E-state index in [2.05, 4.69) is 20.5 Å². The Morgan fingerprint density at radius 2 is 2.00 bits per heavy atom. The van der Waals surface area contributed by atoms with Gasteiger partial charge in [-0.05, 0) is 43.5 Å². The van der Waals surface area contributed by atoms with Crippen molar-refractivity contribution >= 4 is 35.8 Å². The Kier molecular flexibility index (Phi) is 11.2. The van der Waals surface area contributed by atoms with Crippen LogP contribution in [-0.2, 0) is 11.3 Å². The molecule has 0 radical (unpaired) electrons. The molecule has 2 rings (SSSR count). The van der Waals surface area contributed by atoms with Crippen LogP contribution in [0.4, 0.5) is 0 Å². The number of rotatable bonds is 8. The molecule has 158 valence electrons. The summed E-state index contributed by atoms with van der Waals surface area (Å²) in [4.78, 5) is 20.5. The average Bonchev–Trinajstić information content (AvgIpc) is 3.15. The lowest BCUT2D eigenvalue weighted by Gasteiger charge is -2.26. The Morgan fingerprint density at radius 1 is 1.29 bits per heavy atom. The number of methoxy groups -OCH3 is 1. The van der Waals surface area contributed by atoms with E-state index in [0.717, 1.165) is 50.6 Å². The SMILES string of the molecule is CN=C(NCCCN1CCCC1C(=O)N(C)C)NCc1ccc(OC)cc1.I. The second-order valence-corrected chi connectivity index (χ2v) is 6.98. The topological polar surface area (TPSA) is 69.2 Å². The predicted octanol–water partition coefficient (Wildman–Crippen LogP) is 1.92. The summed E-state index contributed by atoms with van der Waals surface area (Å²) in [5.41, 5.74) is 1.17. The smallest absolute Gasteiger partial charge is 0.239 e. The molecule has 0 saturated carbocycles. The normalized spacial score (nSPS) is 17.0. The largest absolute Gasteiger partial charge is 0.497 e. The summed E-state index contributed by atoms with van der Waals surface area (Å²) >= 11 is 0. The quantitative estimate of drug-likeness (QED) is 0.246. The van der Waals surface area contributed by atoms with Crippen molar-refractivity contribution in [2.24, 2.45) is 4.99 Å². The first kappa shape index (κ1) is 24.5. The van der Waals surface area contributed by atoms with Gasteiger partial charge in [-0.2, -0.15) is 0 Å². The van der Waals surface area contributed by atoms with E-state index < -0.39 is 0 Å². The number of hydrogen-bond acceptors (Lipinski definition) is 4. The van der Waals surface area contributed by atoms with Crippen LogP contribution in [0.15, 0.2) is 29.3 Å². The minimum atomic E-state index is 0. The molecule has 28 heavy (non-hydrogen) atoms. The van der Waals surface area contributed by atoms with E-state index in [9.17, 15) is 4.79 Å². The van der Waals surface area contributed by atoms with Gasteiger partial charge in [-0.1, -0.05) is 12.1 Å². The molecule has 0 bridgehead atoms. The molecule has 1 heterocycles. The van der Waals surface area contributed by atoms with Crippen LogP contribution >= 0.6 is 24.0 Å². The molecule has 1 unspecified atom stereocenters. The third kappa shape index (κ3) is 7.46. The highest BCUT2D eigenvalue weighted by molar-refractivity contribution is 14.0. The molecule has 1 aromatic rings. The maximum Gasteiger partial charge on any atom is 0.239 e. The number of aliphatic imine (C=N–C) groups is 1. The van der Waals surface area contributed by atoms with Crippen LogP contribution in [0.2, 0.25) is 0 Å². The van der Waals surface area contributed by atoms with Crippen molar-refractivity contribution in [2.45, 2.75) is 31.8 Å². The molecule has 1 aliphatic rings. The molecule has 1 atom stereocenters. The van der Waals surface area contributed by atoms with E-state index in [4.69, 9.17) is 4.74 Å². The highest BCUT2D eigenvalue weighted by atomic mass is 127. The lowest BCUT2D eigenvalue weighted by Crippen LogP contribution is -2.44. The molecule has 0 aliphatic carbocycles. The molecule has 0 aromatic heterocycles. The van der Waals surface area contributed by atoms with Gasteiger partial charge in [-0.25, -0.2) is 0 Å². The van der Waals surface area contributed by atoms with Gasteiger partial charge in [-0.15, -0.1) is 24.0 Å². The molecule has 8 heteroatoms. The first-order chi connectivity index (χ1) is 13.0. The van der Waals surface area contributed by atoms with Crippen LogP contribution in [0.3, 0.4) is 0 Å². The van der Waals surface area contributed by atoms with Crippen molar-refractivity contribution in [2.75, 3.05) is 47.9 Å². The Bertz CT molecular complexity index is 622. The van der Waals surface area contributed by atoms with Gasteiger partial charge in [-0.3, -0.25) is 14.7 Å². The Balaban J connectivity index is 0.00000392. The molecule has 1 saturated heterocycles. The number of nitrogens with zero attached hydrogens (tertiary/aromatic N) is 3. The first-order valence-electron chi connectivity index (χ1n) is 9.57. The van der Waals surface area contributed by atoms with Gasteiger partial charge >= 0.3 is 0 Å².